The normalized spacial score (nSPS) is 9.13. The van der Waals surface area contributed by atoms with Crippen molar-refractivity contribution in [3.05, 3.63) is 23.4 Å². The molecular formula is C10H11N3O2. The number of aryl methyl sites for hydroxylation is 1. The van der Waals surface area contributed by atoms with Crippen LogP contribution in [0.1, 0.15) is 11.3 Å². The van der Waals surface area contributed by atoms with Gasteiger partial charge in [0.2, 0.25) is 0 Å². The minimum Gasteiger partial charge on any atom is -0.468 e. The summed E-state index contributed by atoms with van der Waals surface area (Å²) in [6, 6.07) is 5.38. The van der Waals surface area contributed by atoms with E-state index in [1.165, 1.54) is 7.11 Å². The van der Waals surface area contributed by atoms with Gasteiger partial charge in [0.25, 0.3) is 0 Å². The minimum atomic E-state index is -0.401. The van der Waals surface area contributed by atoms with E-state index in [0.717, 1.165) is 5.69 Å². The zero-order valence-corrected chi connectivity index (χ0v) is 8.57. The molecular weight excluding hydrogens is 194 g/mol. The van der Waals surface area contributed by atoms with Gasteiger partial charge in [-0.2, -0.15) is 5.26 Å². The van der Waals surface area contributed by atoms with Crippen LogP contribution in [0, 0.1) is 18.3 Å². The van der Waals surface area contributed by atoms with Crippen molar-refractivity contribution in [1.82, 2.24) is 4.98 Å². The lowest BCUT2D eigenvalue weighted by atomic mass is 10.2. The molecule has 78 valence electrons. The van der Waals surface area contributed by atoms with Gasteiger partial charge in [0.1, 0.15) is 18.4 Å². The van der Waals surface area contributed by atoms with E-state index in [-0.39, 0.29) is 6.54 Å². The Morgan fingerprint density at radius 2 is 2.40 bits per heavy atom. The highest BCUT2D eigenvalue weighted by molar-refractivity contribution is 5.75. The molecule has 0 aliphatic heterocycles. The first-order valence-corrected chi connectivity index (χ1v) is 4.36. The van der Waals surface area contributed by atoms with E-state index < -0.39 is 5.97 Å². The van der Waals surface area contributed by atoms with Crippen molar-refractivity contribution in [1.29, 1.82) is 5.26 Å². The lowest BCUT2D eigenvalue weighted by Gasteiger charge is -2.06. The molecule has 1 heterocycles. The summed E-state index contributed by atoms with van der Waals surface area (Å²) in [6.07, 6.45) is 0. The van der Waals surface area contributed by atoms with Crippen molar-refractivity contribution < 1.29 is 9.53 Å². The van der Waals surface area contributed by atoms with Crippen LogP contribution >= 0.6 is 0 Å². The van der Waals surface area contributed by atoms with Gasteiger partial charge in [0.15, 0.2) is 0 Å². The van der Waals surface area contributed by atoms with Crippen molar-refractivity contribution in [3.63, 3.8) is 0 Å². The molecule has 1 rings (SSSR count). The predicted octanol–water partition coefficient (Wildman–Crippen LogP) is 0.847. The first-order valence-electron chi connectivity index (χ1n) is 4.36. The average Bonchev–Trinajstić information content (AvgIpc) is 2.26. The number of esters is 1. The van der Waals surface area contributed by atoms with E-state index >= 15 is 0 Å². The number of hydrogen-bond acceptors (Lipinski definition) is 5. The average molecular weight is 205 g/mol. The van der Waals surface area contributed by atoms with E-state index in [2.05, 4.69) is 15.0 Å². The van der Waals surface area contributed by atoms with Crippen molar-refractivity contribution in [3.8, 4) is 6.07 Å². The van der Waals surface area contributed by atoms with Gasteiger partial charge in [-0.3, -0.25) is 4.79 Å². The number of methoxy groups -OCH3 is 1. The van der Waals surface area contributed by atoms with E-state index in [4.69, 9.17) is 5.26 Å². The molecule has 1 aromatic heterocycles. The molecule has 0 aliphatic carbocycles. The Labute approximate surface area is 87.7 Å². The van der Waals surface area contributed by atoms with Gasteiger partial charge in [-0.05, 0) is 19.1 Å². The molecule has 5 heteroatoms. The SMILES string of the molecule is COC(=O)CNc1nc(C)ccc1C#N. The maximum absolute atomic E-state index is 10.9. The molecule has 1 aromatic rings. The fourth-order valence-corrected chi connectivity index (χ4v) is 1.01. The van der Waals surface area contributed by atoms with Gasteiger partial charge in [-0.25, -0.2) is 4.98 Å². The number of nitrogens with one attached hydrogen (secondary N) is 1. The molecule has 0 fully saturated rings. The molecule has 0 bridgehead atoms. The molecule has 0 spiro atoms. The highest BCUT2D eigenvalue weighted by atomic mass is 16.5. The number of ether oxygens (including phenoxy) is 1. The third-order valence-corrected chi connectivity index (χ3v) is 1.78. The van der Waals surface area contributed by atoms with Crippen LogP contribution in [0.25, 0.3) is 0 Å². The summed E-state index contributed by atoms with van der Waals surface area (Å²) in [5.41, 5.74) is 1.19. The van der Waals surface area contributed by atoms with Gasteiger partial charge in [-0.15, -0.1) is 0 Å². The van der Waals surface area contributed by atoms with Crippen LogP contribution in [0.5, 0.6) is 0 Å². The molecule has 5 nitrogen and oxygen atoms in total. The number of carbonyl (C=O) groups is 1. The molecule has 0 saturated heterocycles. The van der Waals surface area contributed by atoms with Crippen molar-refractivity contribution >= 4 is 11.8 Å². The number of hydrogen-bond donors (Lipinski definition) is 1. The van der Waals surface area contributed by atoms with Crippen molar-refractivity contribution in [2.45, 2.75) is 6.92 Å². The van der Waals surface area contributed by atoms with Crippen LogP contribution in [0.4, 0.5) is 5.82 Å². The summed E-state index contributed by atoms with van der Waals surface area (Å²) >= 11 is 0. The fraction of sp³-hybridized carbons (Fsp3) is 0.300. The van der Waals surface area contributed by atoms with Gasteiger partial charge >= 0.3 is 5.97 Å². The summed E-state index contributed by atoms with van der Waals surface area (Å²) in [6.45, 7) is 1.81. The minimum absolute atomic E-state index is 0.00162. The van der Waals surface area contributed by atoms with Crippen molar-refractivity contribution in [2.75, 3.05) is 19.0 Å². The van der Waals surface area contributed by atoms with Crippen LogP contribution in [-0.2, 0) is 9.53 Å². The molecule has 1 N–H and O–H groups in total. The van der Waals surface area contributed by atoms with Gasteiger partial charge < -0.3 is 10.1 Å². The Balaban J connectivity index is 2.80. The molecule has 0 saturated carbocycles. The number of nitriles is 1. The van der Waals surface area contributed by atoms with Crippen LogP contribution in [0.15, 0.2) is 12.1 Å². The molecule has 0 aliphatic rings. The molecule has 0 radical (unpaired) electrons. The maximum Gasteiger partial charge on any atom is 0.325 e. The van der Waals surface area contributed by atoms with Crippen LogP contribution in [0.3, 0.4) is 0 Å². The fourth-order valence-electron chi connectivity index (χ4n) is 1.01. The van der Waals surface area contributed by atoms with Crippen LogP contribution in [0.2, 0.25) is 0 Å². The summed E-state index contributed by atoms with van der Waals surface area (Å²) in [4.78, 5) is 15.0. The maximum atomic E-state index is 10.9. The topological polar surface area (TPSA) is 75.0 Å². The van der Waals surface area contributed by atoms with Gasteiger partial charge in [0.05, 0.1) is 12.7 Å². The first kappa shape index (κ1) is 11.0. The van der Waals surface area contributed by atoms with E-state index in [1.54, 1.807) is 12.1 Å². The standard InChI is InChI=1S/C10H11N3O2/c1-7-3-4-8(5-11)10(13-7)12-6-9(14)15-2/h3-4H,6H2,1-2H3,(H,12,13). The summed E-state index contributed by atoms with van der Waals surface area (Å²) in [7, 11) is 1.30. The third-order valence-electron chi connectivity index (χ3n) is 1.78. The Bertz CT molecular complexity index is 410. The van der Waals surface area contributed by atoms with E-state index in [9.17, 15) is 4.79 Å². The number of anilines is 1. The first-order chi connectivity index (χ1) is 7.17. The second-order valence-corrected chi connectivity index (χ2v) is 2.89. The zero-order valence-electron chi connectivity index (χ0n) is 8.57. The lowest BCUT2D eigenvalue weighted by Crippen LogP contribution is -2.16. The summed E-state index contributed by atoms with van der Waals surface area (Å²) in [5, 5.41) is 11.5. The third kappa shape index (κ3) is 2.95. The second kappa shape index (κ2) is 4.96. The molecule has 0 amide bonds. The lowest BCUT2D eigenvalue weighted by molar-refractivity contribution is -0.138. The molecule has 0 unspecified atom stereocenters. The quantitative estimate of drug-likeness (QED) is 0.740. The molecule has 15 heavy (non-hydrogen) atoms. The Morgan fingerprint density at radius 3 is 3.00 bits per heavy atom. The predicted molar refractivity (Wildman–Crippen MR) is 54.2 cm³/mol. The smallest absolute Gasteiger partial charge is 0.325 e. The zero-order chi connectivity index (χ0) is 11.3. The number of carbonyl (C=O) groups excluding carboxylic acids is 1. The van der Waals surface area contributed by atoms with Crippen LogP contribution < -0.4 is 5.32 Å². The molecule has 0 atom stereocenters. The number of pyridine rings is 1. The monoisotopic (exact) mass is 205 g/mol. The second-order valence-electron chi connectivity index (χ2n) is 2.89. The number of nitrogens with zero attached hydrogens (tertiary/aromatic N) is 2. The highest BCUT2D eigenvalue weighted by Crippen LogP contribution is 2.11. The van der Waals surface area contributed by atoms with Gasteiger partial charge in [-0.1, -0.05) is 0 Å². The summed E-state index contributed by atoms with van der Waals surface area (Å²) < 4.78 is 4.46. The summed E-state index contributed by atoms with van der Waals surface area (Å²) in [5.74, 6) is 0.00472. The highest BCUT2D eigenvalue weighted by Gasteiger charge is 2.05. The Morgan fingerprint density at radius 1 is 1.67 bits per heavy atom. The molecule has 0 aromatic carbocycles. The number of aromatic nitrogens is 1. The van der Waals surface area contributed by atoms with Gasteiger partial charge in [0, 0.05) is 5.69 Å². The van der Waals surface area contributed by atoms with E-state index in [0.29, 0.717) is 11.4 Å². The Hall–Kier alpha value is -2.09. The Kier molecular flexibility index (Phi) is 3.63. The van der Waals surface area contributed by atoms with Crippen molar-refractivity contribution in [2.24, 2.45) is 0 Å². The van der Waals surface area contributed by atoms with E-state index in [1.807, 2.05) is 13.0 Å². The van der Waals surface area contributed by atoms with Crippen LogP contribution in [-0.4, -0.2) is 24.6 Å². The number of rotatable bonds is 3. The largest absolute Gasteiger partial charge is 0.468 e.